The van der Waals surface area contributed by atoms with Crippen LogP contribution in [-0.4, -0.2) is 14.8 Å². The Labute approximate surface area is 361 Å². The van der Waals surface area contributed by atoms with Crippen LogP contribution in [0, 0.1) is 0 Å². The quantitative estimate of drug-likeness (QED) is 0.159. The van der Waals surface area contributed by atoms with Crippen molar-refractivity contribution in [1.82, 2.24) is 9.13 Å². The van der Waals surface area contributed by atoms with E-state index in [2.05, 4.69) is 191 Å². The predicted molar refractivity (Wildman–Crippen MR) is 261 cm³/mol. The summed E-state index contributed by atoms with van der Waals surface area (Å²) in [5, 5.41) is 8.43. The van der Waals surface area contributed by atoms with E-state index in [9.17, 15) is 0 Å². The lowest BCUT2D eigenvalue weighted by Crippen LogP contribution is -2.02. The third-order valence-electron chi connectivity index (χ3n) is 12.3. The molecular formula is C55H33IN4O. The van der Waals surface area contributed by atoms with E-state index < -0.39 is 21.3 Å². The molecule has 0 spiro atoms. The van der Waals surface area contributed by atoms with Gasteiger partial charge in [-0.1, -0.05) is 115 Å². The zero-order chi connectivity index (χ0) is 40.0. The summed E-state index contributed by atoms with van der Waals surface area (Å²) in [6.45, 7) is 0. The van der Waals surface area contributed by atoms with Gasteiger partial charge < -0.3 is 13.6 Å². The normalized spacial score (nSPS) is 12.8. The van der Waals surface area contributed by atoms with Crippen LogP contribution in [0.1, 0.15) is 11.3 Å². The van der Waals surface area contributed by atoms with Crippen molar-refractivity contribution >= 4 is 98.1 Å². The van der Waals surface area contributed by atoms with Gasteiger partial charge in [-0.05, 0) is 118 Å². The number of hydrogen-bond acceptors (Lipinski definition) is 3. The summed E-state index contributed by atoms with van der Waals surface area (Å²) in [4.78, 5) is 0. The molecule has 9 aromatic carbocycles. The Balaban J connectivity index is 0.871. The second-order valence-electron chi connectivity index (χ2n) is 15.7. The summed E-state index contributed by atoms with van der Waals surface area (Å²) in [5.74, 6) is 0.765. The van der Waals surface area contributed by atoms with Crippen molar-refractivity contribution in [2.75, 3.05) is 0 Å². The molecular weight excluding hydrogens is 860 g/mol. The van der Waals surface area contributed by atoms with Crippen LogP contribution in [0.3, 0.4) is 0 Å². The van der Waals surface area contributed by atoms with Gasteiger partial charge in [0.05, 0.1) is 22.1 Å². The standard InChI is InChI=1S/C55H33IN4O/c1-2-13-41(14-3-1)59-48-18-7-4-15-43(48)46-32-38(24-27-50(46)59)39-25-28-51-47(33-39)44-16-5-8-19-49(44)60(51)42-26-23-36-29-35(21-22-37(36)31-42)34-11-10-12-40(30-34)53-55-54(58-56-57-53)45-17-6-9-20-52(45)61-55/h1-33H. The number of furan rings is 1. The van der Waals surface area contributed by atoms with Gasteiger partial charge in [-0.25, -0.2) is 0 Å². The third-order valence-corrected chi connectivity index (χ3v) is 13.7. The van der Waals surface area contributed by atoms with Crippen LogP contribution in [0.2, 0.25) is 0 Å². The molecule has 5 nitrogen and oxygen atoms in total. The Kier molecular flexibility index (Phi) is 7.65. The minimum atomic E-state index is -0.701. The number of benzene rings is 9. The maximum absolute atomic E-state index is 6.31. The van der Waals surface area contributed by atoms with Crippen LogP contribution < -0.4 is 0 Å². The average Bonchev–Trinajstić information content (AvgIpc) is 3.99. The third kappa shape index (κ3) is 5.42. The fraction of sp³-hybridized carbons (Fsp3) is 0. The molecule has 0 atom stereocenters. The Bertz CT molecular complexity index is 3830. The molecule has 0 N–H and O–H groups in total. The van der Waals surface area contributed by atoms with Crippen molar-refractivity contribution in [2.24, 2.45) is 6.35 Å². The number of para-hydroxylation sites is 4. The number of rotatable bonds is 5. The summed E-state index contributed by atoms with van der Waals surface area (Å²) >= 11 is -0.701. The van der Waals surface area contributed by atoms with Crippen LogP contribution in [0.15, 0.2) is 211 Å². The molecule has 13 rings (SSSR count). The minimum absolute atomic E-state index is 0.701. The van der Waals surface area contributed by atoms with Crippen LogP contribution in [0.25, 0.3) is 99.0 Å². The molecule has 286 valence electrons. The number of halogens is 1. The molecule has 12 aromatic rings. The van der Waals surface area contributed by atoms with E-state index in [1.807, 2.05) is 18.2 Å². The van der Waals surface area contributed by atoms with Crippen molar-refractivity contribution in [2.45, 2.75) is 0 Å². The minimum Gasteiger partial charge on any atom is -0.452 e. The number of hydrogen-bond donors (Lipinski definition) is 0. The zero-order valence-corrected chi connectivity index (χ0v) is 34.8. The highest BCUT2D eigenvalue weighted by atomic mass is 127. The second kappa shape index (κ2) is 13.6. The highest BCUT2D eigenvalue weighted by molar-refractivity contribution is 14.1. The van der Waals surface area contributed by atoms with E-state index in [0.29, 0.717) is 0 Å². The van der Waals surface area contributed by atoms with Gasteiger partial charge in [0.2, 0.25) is 0 Å². The lowest BCUT2D eigenvalue weighted by Gasteiger charge is -2.12. The molecule has 6 heteroatoms. The molecule has 0 radical (unpaired) electrons. The first-order valence-corrected chi connectivity index (χ1v) is 22.4. The number of nitrogens with zero attached hydrogens (tertiary/aromatic N) is 4. The van der Waals surface area contributed by atoms with Crippen molar-refractivity contribution < 1.29 is 4.42 Å². The molecule has 0 unspecified atom stereocenters. The molecule has 0 saturated carbocycles. The zero-order valence-electron chi connectivity index (χ0n) is 32.6. The van der Waals surface area contributed by atoms with Crippen molar-refractivity contribution in [1.29, 1.82) is 0 Å². The summed E-state index contributed by atoms with van der Waals surface area (Å²) < 4.78 is 20.8. The fourth-order valence-electron chi connectivity index (χ4n) is 9.43. The Morgan fingerprint density at radius 3 is 1.69 bits per heavy atom. The van der Waals surface area contributed by atoms with Crippen LogP contribution in [0.4, 0.5) is 5.69 Å². The van der Waals surface area contributed by atoms with Gasteiger partial charge in [0, 0.05) is 43.9 Å². The number of fused-ring (bicyclic) bond motifs is 10. The van der Waals surface area contributed by atoms with E-state index in [4.69, 9.17) is 10.8 Å². The highest BCUT2D eigenvalue weighted by Gasteiger charge is 2.23. The van der Waals surface area contributed by atoms with E-state index >= 15 is 0 Å². The largest absolute Gasteiger partial charge is 0.452 e. The first kappa shape index (κ1) is 34.4. The molecule has 0 saturated heterocycles. The van der Waals surface area contributed by atoms with Crippen LogP contribution >= 0.6 is 21.3 Å². The molecule has 0 fully saturated rings. The summed E-state index contributed by atoms with van der Waals surface area (Å²) in [6, 6.07) is 72.4. The van der Waals surface area contributed by atoms with Gasteiger partial charge in [-0.15, -0.1) is 0 Å². The molecule has 0 amide bonds. The Hall–Kier alpha value is -7.42. The fourth-order valence-corrected chi connectivity index (χ4v) is 10.9. The summed E-state index contributed by atoms with van der Waals surface area (Å²) in [5.41, 5.74) is 15.6. The molecule has 61 heavy (non-hydrogen) atoms. The molecule has 0 aliphatic carbocycles. The Morgan fingerprint density at radius 1 is 0.377 bits per heavy atom. The van der Waals surface area contributed by atoms with Crippen molar-refractivity contribution in [3.8, 4) is 33.6 Å². The second-order valence-corrected chi connectivity index (χ2v) is 17.1. The molecule has 0 bridgehead atoms. The summed E-state index contributed by atoms with van der Waals surface area (Å²) in [7, 11) is 0. The lowest BCUT2D eigenvalue weighted by molar-refractivity contribution is 0.606. The van der Waals surface area contributed by atoms with E-state index in [1.54, 1.807) is 0 Å². The van der Waals surface area contributed by atoms with Gasteiger partial charge in [0.15, 0.2) is 5.76 Å². The van der Waals surface area contributed by atoms with Gasteiger partial charge in [-0.3, -0.25) is 0 Å². The van der Waals surface area contributed by atoms with E-state index in [1.165, 1.54) is 71.2 Å². The maximum Gasteiger partial charge on any atom is 0.181 e. The Morgan fingerprint density at radius 2 is 0.934 bits per heavy atom. The van der Waals surface area contributed by atoms with Crippen LogP contribution in [0.5, 0.6) is 0 Å². The van der Waals surface area contributed by atoms with Gasteiger partial charge in [-0.2, -0.15) is 6.35 Å². The average molecular weight is 893 g/mol. The monoisotopic (exact) mass is 892 g/mol. The van der Waals surface area contributed by atoms with Gasteiger partial charge in [0.25, 0.3) is 0 Å². The predicted octanol–water partition coefficient (Wildman–Crippen LogP) is 15.7. The van der Waals surface area contributed by atoms with Crippen molar-refractivity contribution in [3.05, 3.63) is 212 Å². The molecule has 1 aliphatic rings. The van der Waals surface area contributed by atoms with Crippen LogP contribution in [-0.2, 0) is 0 Å². The van der Waals surface area contributed by atoms with Gasteiger partial charge >= 0.3 is 0 Å². The number of aromatic nitrogens is 2. The molecule has 1 aliphatic heterocycles. The smallest absolute Gasteiger partial charge is 0.181 e. The lowest BCUT2D eigenvalue weighted by atomic mass is 9.97. The molecule has 4 heterocycles. The first-order valence-electron chi connectivity index (χ1n) is 20.5. The van der Waals surface area contributed by atoms with E-state index in [0.717, 1.165) is 50.5 Å². The maximum atomic E-state index is 6.31. The van der Waals surface area contributed by atoms with Crippen molar-refractivity contribution in [3.63, 3.8) is 0 Å². The molecule has 3 aromatic heterocycles. The van der Waals surface area contributed by atoms with E-state index in [-0.39, 0.29) is 0 Å². The topological polar surface area (TPSA) is 47.7 Å². The SMILES string of the molecule is c1ccc(-n2c3ccccc3c3cc(-c4ccc5c(c4)c4ccccc4n5-c4ccc5cc(-c6cccc(C7=NI=Nc8c7oc7ccccc87)c6)ccc5c4)ccc32)cc1. The van der Waals surface area contributed by atoms with Gasteiger partial charge in [0.1, 0.15) is 38.3 Å². The highest BCUT2D eigenvalue weighted by Crippen LogP contribution is 2.42. The summed E-state index contributed by atoms with van der Waals surface area (Å²) in [6.07, 6.45) is 0. The first-order chi connectivity index (χ1) is 30.2.